The molecule has 6 heteroatoms. The van der Waals surface area contributed by atoms with Gasteiger partial charge in [0.25, 0.3) is 0 Å². The Morgan fingerprint density at radius 1 is 0.867 bits per heavy atom. The monoisotopic (exact) mass is 406 g/mol. The van der Waals surface area contributed by atoms with Gasteiger partial charge in [0.15, 0.2) is 0 Å². The van der Waals surface area contributed by atoms with E-state index in [1.165, 1.54) is 19.7 Å². The molecule has 0 aliphatic rings. The van der Waals surface area contributed by atoms with E-state index in [0.717, 1.165) is 34.0 Å². The highest BCUT2D eigenvalue weighted by molar-refractivity contribution is 5.88. The van der Waals surface area contributed by atoms with Gasteiger partial charge in [-0.25, -0.2) is 0 Å². The molecular formula is C24H26N2O4. The van der Waals surface area contributed by atoms with E-state index in [9.17, 15) is 9.59 Å². The smallest absolute Gasteiger partial charge is 0.310 e. The molecule has 0 bridgehead atoms. The fraction of sp³-hybridized carbons (Fsp3) is 0.250. The molecule has 2 aromatic carbocycles. The number of benzene rings is 2. The van der Waals surface area contributed by atoms with E-state index < -0.39 is 0 Å². The molecule has 0 amide bonds. The molecule has 0 radical (unpaired) electrons. The van der Waals surface area contributed by atoms with Crippen molar-refractivity contribution >= 4 is 33.7 Å². The molecule has 0 fully saturated rings. The number of carbonyl (C=O) groups is 2. The molecule has 1 N–H and O–H groups in total. The second-order valence-corrected chi connectivity index (χ2v) is 6.82. The van der Waals surface area contributed by atoms with E-state index in [1.54, 1.807) is 0 Å². The molecule has 0 atom stereocenters. The van der Waals surface area contributed by atoms with E-state index in [-0.39, 0.29) is 11.9 Å². The molecule has 0 saturated carbocycles. The number of esters is 2. The lowest BCUT2D eigenvalue weighted by atomic mass is 10.1. The van der Waals surface area contributed by atoms with Crippen LogP contribution < -0.4 is 0 Å². The quantitative estimate of drug-likeness (QED) is 0.503. The van der Waals surface area contributed by atoms with E-state index >= 15 is 0 Å². The molecule has 2 heterocycles. The molecule has 4 aromatic rings. The second-order valence-electron chi connectivity index (χ2n) is 6.82. The van der Waals surface area contributed by atoms with Crippen molar-refractivity contribution in [3.63, 3.8) is 0 Å². The van der Waals surface area contributed by atoms with Crippen LogP contribution in [0.4, 0.5) is 0 Å². The topological polar surface area (TPSA) is 73.3 Å². The number of aromatic amines is 1. The lowest BCUT2D eigenvalue weighted by Gasteiger charge is -1.98. The predicted octanol–water partition coefficient (Wildman–Crippen LogP) is 4.26. The molecule has 2 aromatic heterocycles. The van der Waals surface area contributed by atoms with Gasteiger partial charge in [0.05, 0.1) is 27.1 Å². The fourth-order valence-electron chi connectivity index (χ4n) is 3.46. The number of para-hydroxylation sites is 2. The van der Waals surface area contributed by atoms with Gasteiger partial charge in [-0.2, -0.15) is 0 Å². The van der Waals surface area contributed by atoms with Crippen molar-refractivity contribution in [3.05, 3.63) is 72.1 Å². The van der Waals surface area contributed by atoms with Crippen molar-refractivity contribution in [1.29, 1.82) is 0 Å². The first kappa shape index (κ1) is 21.2. The van der Waals surface area contributed by atoms with Gasteiger partial charge in [-0.05, 0) is 30.2 Å². The van der Waals surface area contributed by atoms with Crippen molar-refractivity contribution < 1.29 is 19.1 Å². The standard InChI is InChI=1S/C13H15NO2.C11H11NO2/c1-3-14-9-10(8-13(15)16-2)11-6-4-5-7-12(11)14;1-14-11(13)6-8-7-12-10-5-3-2-4-9(8)10/h4-7,9H,3,8H2,1-2H3;2-5,7,12H,6H2,1H3. The Morgan fingerprint density at radius 3 is 2.13 bits per heavy atom. The summed E-state index contributed by atoms with van der Waals surface area (Å²) in [7, 11) is 2.82. The van der Waals surface area contributed by atoms with Crippen LogP contribution in [0.25, 0.3) is 21.8 Å². The number of methoxy groups -OCH3 is 2. The van der Waals surface area contributed by atoms with Crippen molar-refractivity contribution in [2.24, 2.45) is 0 Å². The molecule has 30 heavy (non-hydrogen) atoms. The number of ether oxygens (including phenoxy) is 2. The number of nitrogens with one attached hydrogen (secondary N) is 1. The third-order valence-corrected chi connectivity index (χ3v) is 5.01. The summed E-state index contributed by atoms with van der Waals surface area (Å²) in [5.41, 5.74) is 4.23. The highest BCUT2D eigenvalue weighted by Gasteiger charge is 2.11. The van der Waals surface area contributed by atoms with Gasteiger partial charge in [-0.15, -0.1) is 0 Å². The first-order valence-corrected chi connectivity index (χ1v) is 9.82. The zero-order valence-electron chi connectivity index (χ0n) is 17.5. The highest BCUT2D eigenvalue weighted by atomic mass is 16.5. The Labute approximate surface area is 175 Å². The van der Waals surface area contributed by atoms with Crippen LogP contribution in [0.1, 0.15) is 18.1 Å². The summed E-state index contributed by atoms with van der Waals surface area (Å²) in [5.74, 6) is -0.409. The summed E-state index contributed by atoms with van der Waals surface area (Å²) in [6.45, 7) is 3.00. The van der Waals surface area contributed by atoms with Gasteiger partial charge in [0.1, 0.15) is 0 Å². The molecule has 4 rings (SSSR count). The Kier molecular flexibility index (Phi) is 6.91. The Balaban J connectivity index is 0.000000172. The van der Waals surface area contributed by atoms with Gasteiger partial charge in [0.2, 0.25) is 0 Å². The number of carbonyl (C=O) groups excluding carboxylic acids is 2. The second kappa shape index (κ2) is 9.78. The van der Waals surface area contributed by atoms with E-state index in [4.69, 9.17) is 4.74 Å². The number of hydrogen-bond donors (Lipinski definition) is 1. The molecule has 0 saturated heterocycles. The van der Waals surface area contributed by atoms with Crippen LogP contribution in [0.15, 0.2) is 60.9 Å². The number of aromatic nitrogens is 2. The van der Waals surface area contributed by atoms with Crippen LogP contribution >= 0.6 is 0 Å². The van der Waals surface area contributed by atoms with Crippen LogP contribution in [0.2, 0.25) is 0 Å². The zero-order valence-corrected chi connectivity index (χ0v) is 17.5. The number of fused-ring (bicyclic) bond motifs is 2. The summed E-state index contributed by atoms with van der Waals surface area (Å²) in [4.78, 5) is 25.5. The Bertz CT molecular complexity index is 1160. The minimum absolute atomic E-state index is 0.195. The molecule has 6 nitrogen and oxygen atoms in total. The highest BCUT2D eigenvalue weighted by Crippen LogP contribution is 2.22. The number of H-pyrrole nitrogens is 1. The van der Waals surface area contributed by atoms with Crippen LogP contribution in [-0.2, 0) is 38.4 Å². The molecule has 0 unspecified atom stereocenters. The zero-order chi connectivity index (χ0) is 21.5. The first-order valence-electron chi connectivity index (χ1n) is 9.82. The normalized spacial score (nSPS) is 10.5. The van der Waals surface area contributed by atoms with Crippen LogP contribution in [0.3, 0.4) is 0 Å². The van der Waals surface area contributed by atoms with Gasteiger partial charge < -0.3 is 19.0 Å². The van der Waals surface area contributed by atoms with Crippen molar-refractivity contribution in [2.45, 2.75) is 26.3 Å². The maximum absolute atomic E-state index is 11.3. The SMILES string of the molecule is CCn1cc(CC(=O)OC)c2ccccc21.COC(=O)Cc1c[nH]c2ccccc12. The summed E-state index contributed by atoms with van der Waals surface area (Å²) in [6.07, 6.45) is 4.54. The summed E-state index contributed by atoms with van der Waals surface area (Å²) >= 11 is 0. The third kappa shape index (κ3) is 4.71. The van der Waals surface area contributed by atoms with Crippen LogP contribution in [0, 0.1) is 0 Å². The summed E-state index contributed by atoms with van der Waals surface area (Å²) in [5, 5.41) is 2.22. The molecule has 0 spiro atoms. The van der Waals surface area contributed by atoms with Gasteiger partial charge in [0, 0.05) is 40.7 Å². The minimum Gasteiger partial charge on any atom is -0.469 e. The van der Waals surface area contributed by atoms with Gasteiger partial charge >= 0.3 is 11.9 Å². The summed E-state index contributed by atoms with van der Waals surface area (Å²) < 4.78 is 11.5. The molecule has 0 aliphatic carbocycles. The summed E-state index contributed by atoms with van der Waals surface area (Å²) in [6, 6.07) is 16.0. The predicted molar refractivity (Wildman–Crippen MR) is 117 cm³/mol. The largest absolute Gasteiger partial charge is 0.469 e. The van der Waals surface area contributed by atoms with Crippen molar-refractivity contribution in [3.8, 4) is 0 Å². The van der Waals surface area contributed by atoms with Gasteiger partial charge in [-0.1, -0.05) is 36.4 Å². The lowest BCUT2D eigenvalue weighted by Crippen LogP contribution is -2.03. The maximum atomic E-state index is 11.3. The number of rotatable bonds is 5. The van der Waals surface area contributed by atoms with Crippen LogP contribution in [-0.4, -0.2) is 35.7 Å². The van der Waals surface area contributed by atoms with E-state index in [0.29, 0.717) is 12.8 Å². The van der Waals surface area contributed by atoms with E-state index in [1.807, 2.05) is 54.9 Å². The maximum Gasteiger partial charge on any atom is 0.310 e. The van der Waals surface area contributed by atoms with Crippen molar-refractivity contribution in [1.82, 2.24) is 9.55 Å². The number of hydrogen-bond acceptors (Lipinski definition) is 4. The molecular weight excluding hydrogens is 380 g/mol. The average Bonchev–Trinajstić information content (AvgIpc) is 3.35. The molecule has 156 valence electrons. The lowest BCUT2D eigenvalue weighted by molar-refractivity contribution is -0.140. The van der Waals surface area contributed by atoms with Gasteiger partial charge in [-0.3, -0.25) is 9.59 Å². The first-order chi connectivity index (χ1) is 14.6. The minimum atomic E-state index is -0.213. The van der Waals surface area contributed by atoms with Crippen molar-refractivity contribution in [2.75, 3.05) is 14.2 Å². The van der Waals surface area contributed by atoms with Crippen LogP contribution in [0.5, 0.6) is 0 Å². The number of nitrogens with zero attached hydrogens (tertiary/aromatic N) is 1. The fourth-order valence-corrected chi connectivity index (χ4v) is 3.46. The third-order valence-electron chi connectivity index (χ3n) is 5.01. The average molecular weight is 406 g/mol. The molecule has 0 aliphatic heterocycles. The number of aryl methyl sites for hydroxylation is 1. The Hall–Kier alpha value is -3.54. The Morgan fingerprint density at radius 2 is 1.47 bits per heavy atom. The van der Waals surface area contributed by atoms with E-state index in [2.05, 4.69) is 27.3 Å².